The molecule has 0 aliphatic rings. The molecule has 0 amide bonds. The van der Waals surface area contributed by atoms with E-state index < -0.39 is 47.4 Å². The van der Waals surface area contributed by atoms with E-state index >= 15 is 0 Å². The topological polar surface area (TPSA) is 71.5 Å². The molecule has 0 aliphatic carbocycles. The fourth-order valence-corrected chi connectivity index (χ4v) is 6.33. The molecule has 0 heterocycles. The van der Waals surface area contributed by atoms with Crippen LogP contribution in [0.2, 0.25) is 0 Å². The van der Waals surface area contributed by atoms with Gasteiger partial charge in [0, 0.05) is 0 Å². The second-order valence-electron chi connectivity index (χ2n) is 6.02. The van der Waals surface area contributed by atoms with Gasteiger partial charge in [0.25, 0.3) is 20.0 Å². The van der Waals surface area contributed by atoms with Crippen LogP contribution >= 0.6 is 0 Å². The Morgan fingerprint density at radius 3 is 1.80 bits per heavy atom. The third-order valence-corrected chi connectivity index (χ3v) is 8.16. The highest BCUT2D eigenvalue weighted by molar-refractivity contribution is 8.10. The number of anilines is 1. The Balaban J connectivity index is 2.25. The van der Waals surface area contributed by atoms with Crippen LogP contribution in [0.3, 0.4) is 0 Å². The van der Waals surface area contributed by atoms with Crippen LogP contribution < -0.4 is 3.71 Å². The molecule has 11 heteroatoms. The fourth-order valence-electron chi connectivity index (χ4n) is 2.59. The lowest BCUT2D eigenvalue weighted by atomic mass is 10.2. The van der Waals surface area contributed by atoms with Crippen molar-refractivity contribution in [1.82, 2.24) is 0 Å². The van der Waals surface area contributed by atoms with Crippen molar-refractivity contribution in [3.63, 3.8) is 0 Å². The standard InChI is InChI=1S/C19H13F4NO4S2/c20-15-9-11-17(12-10-15)29(25,26)24(16-6-2-1-3-7-16)30(27,28)18-8-4-5-14(13-18)19(21,22)23/h1-13H. The van der Waals surface area contributed by atoms with Gasteiger partial charge in [0.05, 0.1) is 21.0 Å². The summed E-state index contributed by atoms with van der Waals surface area (Å²) in [5, 5.41) is 0. The van der Waals surface area contributed by atoms with Crippen LogP contribution in [0.15, 0.2) is 88.7 Å². The minimum Gasteiger partial charge on any atom is -0.207 e. The van der Waals surface area contributed by atoms with Crippen LogP contribution in [0.5, 0.6) is 0 Å². The number of nitrogens with zero attached hydrogens (tertiary/aromatic N) is 1. The number of benzene rings is 3. The molecule has 158 valence electrons. The first-order chi connectivity index (χ1) is 13.9. The highest BCUT2D eigenvalue weighted by Crippen LogP contribution is 2.34. The summed E-state index contributed by atoms with van der Waals surface area (Å²) < 4.78 is 105. The summed E-state index contributed by atoms with van der Waals surface area (Å²) in [4.78, 5) is -1.42. The van der Waals surface area contributed by atoms with Gasteiger partial charge in [-0.3, -0.25) is 0 Å². The average molecular weight is 459 g/mol. The van der Waals surface area contributed by atoms with Crippen molar-refractivity contribution in [2.75, 3.05) is 3.71 Å². The Labute approximate surface area is 170 Å². The SMILES string of the molecule is O=S(=O)(c1ccc(F)cc1)N(c1ccccc1)S(=O)(=O)c1cccc(C(F)(F)F)c1. The number of hydrogen-bond acceptors (Lipinski definition) is 4. The summed E-state index contributed by atoms with van der Waals surface area (Å²) in [6.45, 7) is 0. The number of hydrogen-bond donors (Lipinski definition) is 0. The van der Waals surface area contributed by atoms with Gasteiger partial charge >= 0.3 is 6.18 Å². The molecule has 0 bridgehead atoms. The van der Waals surface area contributed by atoms with Crippen LogP contribution in [-0.2, 0) is 26.2 Å². The lowest BCUT2D eigenvalue weighted by molar-refractivity contribution is -0.137. The van der Waals surface area contributed by atoms with E-state index in [2.05, 4.69) is 0 Å². The van der Waals surface area contributed by atoms with Gasteiger partial charge in [-0.1, -0.05) is 24.3 Å². The number of halogens is 4. The van der Waals surface area contributed by atoms with Gasteiger partial charge in [0.15, 0.2) is 0 Å². The van der Waals surface area contributed by atoms with Crippen LogP contribution in [0, 0.1) is 5.82 Å². The van der Waals surface area contributed by atoms with E-state index in [9.17, 15) is 34.4 Å². The molecule has 3 aromatic rings. The largest absolute Gasteiger partial charge is 0.416 e. The molecule has 5 nitrogen and oxygen atoms in total. The van der Waals surface area contributed by atoms with Crippen molar-refractivity contribution < 1.29 is 34.4 Å². The van der Waals surface area contributed by atoms with E-state index in [0.717, 1.165) is 36.4 Å². The Hall–Kier alpha value is -2.92. The van der Waals surface area contributed by atoms with E-state index in [1.54, 1.807) is 0 Å². The van der Waals surface area contributed by atoms with Crippen molar-refractivity contribution in [3.8, 4) is 0 Å². The molecule has 0 fully saturated rings. The van der Waals surface area contributed by atoms with Crippen molar-refractivity contribution in [3.05, 3.63) is 90.2 Å². The second-order valence-corrected chi connectivity index (χ2v) is 9.83. The lowest BCUT2D eigenvalue weighted by Gasteiger charge is -2.24. The van der Waals surface area contributed by atoms with Crippen molar-refractivity contribution in [2.45, 2.75) is 16.0 Å². The molecular formula is C19H13F4NO4S2. The summed E-state index contributed by atoms with van der Waals surface area (Å²) in [7, 11) is -9.83. The minimum atomic E-state index is -5.00. The number of alkyl halides is 3. The Bertz CT molecular complexity index is 1260. The van der Waals surface area contributed by atoms with E-state index in [1.165, 1.54) is 30.3 Å². The minimum absolute atomic E-state index is 0.0305. The molecule has 3 aromatic carbocycles. The molecule has 0 unspecified atom stereocenters. The first kappa shape index (κ1) is 21.8. The van der Waals surface area contributed by atoms with E-state index in [0.29, 0.717) is 12.1 Å². The zero-order valence-corrected chi connectivity index (χ0v) is 16.5. The van der Waals surface area contributed by atoms with Gasteiger partial charge in [-0.2, -0.15) is 16.9 Å². The van der Waals surface area contributed by atoms with Crippen LogP contribution in [0.1, 0.15) is 5.56 Å². The monoisotopic (exact) mass is 459 g/mol. The lowest BCUT2D eigenvalue weighted by Crippen LogP contribution is -2.37. The van der Waals surface area contributed by atoms with E-state index in [1.807, 2.05) is 0 Å². The summed E-state index contributed by atoms with van der Waals surface area (Å²) in [6, 6.07) is 12.7. The first-order valence-electron chi connectivity index (χ1n) is 8.22. The molecule has 0 atom stereocenters. The molecular weight excluding hydrogens is 446 g/mol. The highest BCUT2D eigenvalue weighted by Gasteiger charge is 2.38. The van der Waals surface area contributed by atoms with Crippen molar-refractivity contribution in [1.29, 1.82) is 0 Å². The van der Waals surface area contributed by atoms with E-state index in [-0.39, 0.29) is 9.40 Å². The Kier molecular flexibility index (Phi) is 5.61. The van der Waals surface area contributed by atoms with Gasteiger partial charge in [-0.15, -0.1) is 0 Å². The van der Waals surface area contributed by atoms with Gasteiger partial charge in [0.1, 0.15) is 5.82 Å². The normalized spacial score (nSPS) is 12.5. The third kappa shape index (κ3) is 4.17. The number of para-hydroxylation sites is 1. The molecule has 0 saturated heterocycles. The zero-order chi connectivity index (χ0) is 22.2. The molecule has 0 radical (unpaired) electrons. The second kappa shape index (κ2) is 7.73. The van der Waals surface area contributed by atoms with Crippen molar-refractivity contribution >= 4 is 25.7 Å². The maximum Gasteiger partial charge on any atom is 0.416 e. The molecule has 0 N–H and O–H groups in total. The average Bonchev–Trinajstić information content (AvgIpc) is 2.68. The first-order valence-corrected chi connectivity index (χ1v) is 11.1. The molecule has 0 aromatic heterocycles. The molecule has 30 heavy (non-hydrogen) atoms. The summed E-state index contributed by atoms with van der Waals surface area (Å²) in [5.41, 5.74) is -1.57. The van der Waals surface area contributed by atoms with Crippen LogP contribution in [0.25, 0.3) is 0 Å². The molecule has 0 aliphatic heterocycles. The number of rotatable bonds is 5. The third-order valence-electron chi connectivity index (χ3n) is 3.97. The summed E-state index contributed by atoms with van der Waals surface area (Å²) >= 11 is 0. The molecule has 0 saturated carbocycles. The Morgan fingerprint density at radius 1 is 0.667 bits per heavy atom. The van der Waals surface area contributed by atoms with Gasteiger partial charge in [-0.05, 0) is 54.6 Å². The highest BCUT2D eigenvalue weighted by atomic mass is 32.3. The van der Waals surface area contributed by atoms with E-state index in [4.69, 9.17) is 0 Å². The zero-order valence-electron chi connectivity index (χ0n) is 14.9. The van der Waals surface area contributed by atoms with Crippen LogP contribution in [-0.4, -0.2) is 16.8 Å². The van der Waals surface area contributed by atoms with Gasteiger partial charge in [-0.25, -0.2) is 21.2 Å². The van der Waals surface area contributed by atoms with Crippen molar-refractivity contribution in [2.24, 2.45) is 0 Å². The molecule has 0 spiro atoms. The predicted molar refractivity (Wildman–Crippen MR) is 101 cm³/mol. The smallest absolute Gasteiger partial charge is 0.207 e. The molecule has 3 rings (SSSR count). The fraction of sp³-hybridized carbons (Fsp3) is 0.0526. The van der Waals surface area contributed by atoms with Gasteiger partial charge in [0.2, 0.25) is 0 Å². The quantitative estimate of drug-likeness (QED) is 0.530. The summed E-state index contributed by atoms with van der Waals surface area (Å²) in [5.74, 6) is -0.749. The van der Waals surface area contributed by atoms with Gasteiger partial charge < -0.3 is 0 Å². The summed E-state index contributed by atoms with van der Waals surface area (Å²) in [6.07, 6.45) is -4.83. The maximum atomic E-state index is 13.2. The predicted octanol–water partition coefficient (Wildman–Crippen LogP) is 4.43. The Morgan fingerprint density at radius 2 is 1.23 bits per heavy atom. The van der Waals surface area contributed by atoms with Crippen LogP contribution in [0.4, 0.5) is 23.2 Å². The maximum absolute atomic E-state index is 13.2. The number of sulfonamides is 2.